The minimum Gasteiger partial charge on any atom is -0.375 e. The number of hydrogen-bond donors (Lipinski definition) is 0. The Kier molecular flexibility index (Phi) is 5.16. The van der Waals surface area contributed by atoms with Crippen molar-refractivity contribution >= 4 is 34.2 Å². The molecule has 2 unspecified atom stereocenters. The molecule has 0 N–H and O–H groups in total. The van der Waals surface area contributed by atoms with Crippen molar-refractivity contribution in [1.29, 1.82) is 0 Å². The van der Waals surface area contributed by atoms with Gasteiger partial charge in [-0.1, -0.05) is 43.9 Å². The number of carbonyl (C=O) groups excluding carboxylic acids is 1. The van der Waals surface area contributed by atoms with Crippen LogP contribution in [0.15, 0.2) is 34.1 Å². The number of pyridine rings is 1. The van der Waals surface area contributed by atoms with E-state index < -0.39 is 0 Å². The standard InChI is InChI=1S/C20H25N3O2S2/c1-13(2)6-7-22-19(25)17(27-20(22)26)12-21-9-14-8-15(11-21)16-4-3-5-18(24)23(16)10-14/h3-5,12-15H,6-11H2,1-2H3. The molecule has 2 bridgehead atoms. The summed E-state index contributed by atoms with van der Waals surface area (Å²) in [6.07, 6.45) is 4.08. The fraction of sp³-hybridized carbons (Fsp3) is 0.550. The van der Waals surface area contributed by atoms with E-state index in [-0.39, 0.29) is 11.5 Å². The lowest BCUT2D eigenvalue weighted by atomic mass is 9.83. The summed E-state index contributed by atoms with van der Waals surface area (Å²) in [6, 6.07) is 5.56. The second-order valence-corrected chi connectivity index (χ2v) is 9.83. The van der Waals surface area contributed by atoms with E-state index in [2.05, 4.69) is 24.8 Å². The molecule has 5 nitrogen and oxygen atoms in total. The zero-order valence-corrected chi connectivity index (χ0v) is 17.4. The quantitative estimate of drug-likeness (QED) is 0.571. The Morgan fingerprint density at radius 1 is 1.26 bits per heavy atom. The highest BCUT2D eigenvalue weighted by Gasteiger charge is 2.36. The first kappa shape index (κ1) is 18.7. The highest BCUT2D eigenvalue weighted by Crippen LogP contribution is 2.37. The molecule has 0 aromatic carbocycles. The smallest absolute Gasteiger partial charge is 0.267 e. The number of piperidine rings is 1. The molecule has 1 amide bonds. The van der Waals surface area contributed by atoms with Gasteiger partial charge in [-0.2, -0.15) is 0 Å². The van der Waals surface area contributed by atoms with Gasteiger partial charge in [0.1, 0.15) is 4.32 Å². The lowest BCUT2D eigenvalue weighted by molar-refractivity contribution is -0.122. The van der Waals surface area contributed by atoms with E-state index in [4.69, 9.17) is 12.2 Å². The first-order valence-electron chi connectivity index (χ1n) is 9.61. The van der Waals surface area contributed by atoms with Gasteiger partial charge < -0.3 is 9.47 Å². The molecule has 2 atom stereocenters. The third kappa shape index (κ3) is 3.72. The lowest BCUT2D eigenvalue weighted by Crippen LogP contribution is -2.45. The van der Waals surface area contributed by atoms with Crippen LogP contribution in [0, 0.1) is 11.8 Å². The Balaban J connectivity index is 1.50. The summed E-state index contributed by atoms with van der Waals surface area (Å²) in [5, 5.41) is 0. The maximum Gasteiger partial charge on any atom is 0.267 e. The SMILES string of the molecule is CC(C)CCN1C(=O)C(=CN2CC3CC(C2)c2cccc(=O)n2C3)SC1=S. The molecule has 0 radical (unpaired) electrons. The van der Waals surface area contributed by atoms with Crippen LogP contribution in [0.25, 0.3) is 0 Å². The summed E-state index contributed by atoms with van der Waals surface area (Å²) in [5.41, 5.74) is 1.23. The van der Waals surface area contributed by atoms with E-state index in [1.807, 2.05) is 16.8 Å². The second kappa shape index (κ2) is 7.43. The summed E-state index contributed by atoms with van der Waals surface area (Å²) in [4.78, 5) is 29.6. The van der Waals surface area contributed by atoms with Crippen molar-refractivity contribution in [2.75, 3.05) is 19.6 Å². The molecule has 4 rings (SSSR count). The highest BCUT2D eigenvalue weighted by atomic mass is 32.2. The van der Waals surface area contributed by atoms with Crippen molar-refractivity contribution in [2.24, 2.45) is 11.8 Å². The topological polar surface area (TPSA) is 45.6 Å². The molecule has 3 aliphatic heterocycles. The Morgan fingerprint density at radius 3 is 2.85 bits per heavy atom. The summed E-state index contributed by atoms with van der Waals surface area (Å²) in [6.45, 7) is 7.50. The average Bonchev–Trinajstić information content (AvgIpc) is 2.87. The van der Waals surface area contributed by atoms with Crippen LogP contribution in [0.2, 0.25) is 0 Å². The van der Waals surface area contributed by atoms with E-state index in [0.717, 1.165) is 43.1 Å². The number of thiocarbonyl (C=S) groups is 1. The van der Waals surface area contributed by atoms with E-state index in [1.165, 1.54) is 11.8 Å². The van der Waals surface area contributed by atoms with Crippen LogP contribution in [0.1, 0.15) is 38.3 Å². The van der Waals surface area contributed by atoms with Crippen molar-refractivity contribution < 1.29 is 4.79 Å². The minimum absolute atomic E-state index is 0.0398. The van der Waals surface area contributed by atoms with E-state index in [1.54, 1.807) is 11.0 Å². The minimum atomic E-state index is 0.0398. The highest BCUT2D eigenvalue weighted by molar-refractivity contribution is 8.26. The predicted octanol–water partition coefficient (Wildman–Crippen LogP) is 3.02. The first-order chi connectivity index (χ1) is 12.9. The number of aromatic nitrogens is 1. The Labute approximate surface area is 169 Å². The second-order valence-electron chi connectivity index (χ2n) is 8.15. The van der Waals surface area contributed by atoms with Gasteiger partial charge in [0.15, 0.2) is 0 Å². The van der Waals surface area contributed by atoms with E-state index in [0.29, 0.717) is 28.6 Å². The normalized spacial score (nSPS) is 26.3. The fourth-order valence-electron chi connectivity index (χ4n) is 4.28. The third-order valence-corrected chi connectivity index (χ3v) is 6.98. The number of likely N-dealkylation sites (tertiary alicyclic amines) is 1. The molecular weight excluding hydrogens is 378 g/mol. The maximum absolute atomic E-state index is 12.8. The van der Waals surface area contributed by atoms with Crippen molar-refractivity contribution in [3.05, 3.63) is 45.4 Å². The molecule has 1 aromatic rings. The zero-order chi connectivity index (χ0) is 19.1. The van der Waals surface area contributed by atoms with E-state index >= 15 is 0 Å². The number of fused-ring (bicyclic) bond motifs is 4. The molecule has 7 heteroatoms. The molecule has 3 aliphatic rings. The van der Waals surface area contributed by atoms with Gasteiger partial charge in [0.2, 0.25) is 0 Å². The maximum atomic E-state index is 12.8. The molecule has 27 heavy (non-hydrogen) atoms. The van der Waals surface area contributed by atoms with Gasteiger partial charge in [-0.15, -0.1) is 0 Å². The Morgan fingerprint density at radius 2 is 2.07 bits per heavy atom. The summed E-state index contributed by atoms with van der Waals surface area (Å²) in [5.74, 6) is 1.37. The van der Waals surface area contributed by atoms with Gasteiger partial charge in [0.25, 0.3) is 11.5 Å². The van der Waals surface area contributed by atoms with Crippen LogP contribution in [0.4, 0.5) is 0 Å². The van der Waals surface area contributed by atoms with Crippen LogP contribution < -0.4 is 5.56 Å². The molecule has 4 heterocycles. The molecule has 0 aliphatic carbocycles. The van der Waals surface area contributed by atoms with Crippen LogP contribution in [0.3, 0.4) is 0 Å². The number of amides is 1. The van der Waals surface area contributed by atoms with Gasteiger partial charge >= 0.3 is 0 Å². The molecule has 1 aromatic heterocycles. The third-order valence-electron chi connectivity index (χ3n) is 5.61. The summed E-state index contributed by atoms with van der Waals surface area (Å²) < 4.78 is 2.60. The van der Waals surface area contributed by atoms with Crippen molar-refractivity contribution in [3.8, 4) is 0 Å². The molecular formula is C20H25N3O2S2. The lowest BCUT2D eigenvalue weighted by Gasteiger charge is -2.42. The number of nitrogens with zero attached hydrogens (tertiary/aromatic N) is 3. The fourth-order valence-corrected chi connectivity index (χ4v) is 5.59. The van der Waals surface area contributed by atoms with Gasteiger partial charge in [-0.05, 0) is 30.7 Å². The van der Waals surface area contributed by atoms with Crippen LogP contribution in [-0.4, -0.2) is 44.2 Å². The van der Waals surface area contributed by atoms with Gasteiger partial charge in [-0.3, -0.25) is 14.5 Å². The van der Waals surface area contributed by atoms with Crippen LogP contribution >= 0.6 is 24.0 Å². The molecule has 0 saturated carbocycles. The first-order valence-corrected chi connectivity index (χ1v) is 10.8. The molecule has 2 saturated heterocycles. The van der Waals surface area contributed by atoms with Gasteiger partial charge in [0.05, 0.1) is 4.91 Å². The monoisotopic (exact) mass is 403 g/mol. The zero-order valence-electron chi connectivity index (χ0n) is 15.8. The predicted molar refractivity (Wildman–Crippen MR) is 113 cm³/mol. The van der Waals surface area contributed by atoms with Crippen molar-refractivity contribution in [1.82, 2.24) is 14.4 Å². The van der Waals surface area contributed by atoms with Gasteiger partial charge in [0, 0.05) is 50.1 Å². The Bertz CT molecular complexity index is 861. The van der Waals surface area contributed by atoms with Crippen molar-refractivity contribution in [2.45, 2.75) is 39.2 Å². The van der Waals surface area contributed by atoms with Crippen LogP contribution in [0.5, 0.6) is 0 Å². The summed E-state index contributed by atoms with van der Waals surface area (Å²) in [7, 11) is 0. The Hall–Kier alpha value is -1.60. The number of thioether (sulfide) groups is 1. The van der Waals surface area contributed by atoms with Crippen molar-refractivity contribution in [3.63, 3.8) is 0 Å². The molecule has 0 spiro atoms. The molecule has 144 valence electrons. The average molecular weight is 404 g/mol. The molecule has 2 fully saturated rings. The number of rotatable bonds is 4. The number of hydrogen-bond acceptors (Lipinski definition) is 5. The van der Waals surface area contributed by atoms with Crippen LogP contribution in [-0.2, 0) is 11.3 Å². The van der Waals surface area contributed by atoms with Gasteiger partial charge in [-0.25, -0.2) is 0 Å². The van der Waals surface area contributed by atoms with E-state index in [9.17, 15) is 9.59 Å². The number of carbonyl (C=O) groups is 1. The summed E-state index contributed by atoms with van der Waals surface area (Å²) >= 11 is 6.85. The largest absolute Gasteiger partial charge is 0.375 e.